The van der Waals surface area contributed by atoms with Crippen LogP contribution in [-0.4, -0.2) is 11.5 Å². The SMILES string of the molecule is O=C1CCSc2cc(-c3ccccc3)ccc21. The second kappa shape index (κ2) is 4.38. The van der Waals surface area contributed by atoms with Gasteiger partial charge in [0.1, 0.15) is 0 Å². The second-order valence-corrected chi connectivity index (χ2v) is 5.24. The number of hydrogen-bond donors (Lipinski definition) is 0. The molecule has 1 aliphatic heterocycles. The van der Waals surface area contributed by atoms with Crippen molar-refractivity contribution in [2.75, 3.05) is 5.75 Å². The molecular weight excluding hydrogens is 228 g/mol. The molecule has 2 aromatic rings. The van der Waals surface area contributed by atoms with Gasteiger partial charge in [-0.3, -0.25) is 4.79 Å². The van der Waals surface area contributed by atoms with Gasteiger partial charge in [0.2, 0.25) is 0 Å². The van der Waals surface area contributed by atoms with Crippen LogP contribution in [0.25, 0.3) is 11.1 Å². The number of hydrogen-bond acceptors (Lipinski definition) is 2. The normalized spacial score (nSPS) is 14.5. The lowest BCUT2D eigenvalue weighted by molar-refractivity contribution is 0.0985. The zero-order valence-electron chi connectivity index (χ0n) is 9.35. The van der Waals surface area contributed by atoms with E-state index < -0.39 is 0 Å². The largest absolute Gasteiger partial charge is 0.294 e. The maximum Gasteiger partial charge on any atom is 0.164 e. The summed E-state index contributed by atoms with van der Waals surface area (Å²) in [7, 11) is 0. The molecule has 0 saturated heterocycles. The average Bonchev–Trinajstić information content (AvgIpc) is 2.40. The second-order valence-electron chi connectivity index (χ2n) is 4.10. The van der Waals surface area contributed by atoms with Gasteiger partial charge in [-0.1, -0.05) is 36.4 Å². The molecule has 0 aliphatic carbocycles. The Morgan fingerprint density at radius 1 is 0.941 bits per heavy atom. The molecule has 0 N–H and O–H groups in total. The van der Waals surface area contributed by atoms with Crippen LogP contribution >= 0.6 is 11.8 Å². The molecule has 0 atom stereocenters. The molecule has 0 unspecified atom stereocenters. The van der Waals surface area contributed by atoms with E-state index in [2.05, 4.69) is 18.2 Å². The van der Waals surface area contributed by atoms with E-state index in [1.807, 2.05) is 30.3 Å². The number of ketones is 1. The minimum Gasteiger partial charge on any atom is -0.294 e. The van der Waals surface area contributed by atoms with Gasteiger partial charge in [0.05, 0.1) is 0 Å². The van der Waals surface area contributed by atoms with Gasteiger partial charge in [-0.25, -0.2) is 0 Å². The van der Waals surface area contributed by atoms with E-state index in [-0.39, 0.29) is 5.78 Å². The van der Waals surface area contributed by atoms with Crippen molar-refractivity contribution in [1.82, 2.24) is 0 Å². The lowest BCUT2D eigenvalue weighted by Crippen LogP contribution is -2.07. The summed E-state index contributed by atoms with van der Waals surface area (Å²) in [5, 5.41) is 0. The first-order valence-corrected chi connectivity index (χ1v) is 6.68. The highest BCUT2D eigenvalue weighted by Gasteiger charge is 2.17. The Labute approximate surface area is 105 Å². The standard InChI is InChI=1S/C15H12OS/c16-14-8-9-17-15-10-12(6-7-13(14)15)11-4-2-1-3-5-11/h1-7,10H,8-9H2. The van der Waals surface area contributed by atoms with Crippen LogP contribution in [-0.2, 0) is 0 Å². The zero-order chi connectivity index (χ0) is 11.7. The Balaban J connectivity index is 2.07. The summed E-state index contributed by atoms with van der Waals surface area (Å²) in [6, 6.07) is 16.4. The molecule has 0 aromatic heterocycles. The lowest BCUT2D eigenvalue weighted by Gasteiger charge is -2.15. The van der Waals surface area contributed by atoms with Gasteiger partial charge in [-0.2, -0.15) is 0 Å². The van der Waals surface area contributed by atoms with Crippen molar-refractivity contribution in [3.63, 3.8) is 0 Å². The lowest BCUT2D eigenvalue weighted by atomic mass is 10.0. The molecule has 0 bridgehead atoms. The first-order chi connectivity index (χ1) is 8.34. The van der Waals surface area contributed by atoms with Crippen molar-refractivity contribution in [3.8, 4) is 11.1 Å². The quantitative estimate of drug-likeness (QED) is 0.748. The topological polar surface area (TPSA) is 17.1 Å². The summed E-state index contributed by atoms with van der Waals surface area (Å²) in [4.78, 5) is 12.8. The predicted molar refractivity (Wildman–Crippen MR) is 71.5 cm³/mol. The molecule has 2 heteroatoms. The third kappa shape index (κ3) is 2.01. The minimum absolute atomic E-state index is 0.276. The summed E-state index contributed by atoms with van der Waals surface area (Å²) in [5.41, 5.74) is 3.28. The van der Waals surface area contributed by atoms with Crippen LogP contribution < -0.4 is 0 Å². The molecular formula is C15H12OS. The fraction of sp³-hybridized carbons (Fsp3) is 0.133. The molecule has 0 spiro atoms. The third-order valence-corrected chi connectivity index (χ3v) is 4.03. The molecule has 0 saturated carbocycles. The van der Waals surface area contributed by atoms with Crippen LogP contribution in [0.2, 0.25) is 0 Å². The number of carbonyl (C=O) groups excluding carboxylic acids is 1. The summed E-state index contributed by atoms with van der Waals surface area (Å²) >= 11 is 1.78. The molecule has 84 valence electrons. The van der Waals surface area contributed by atoms with E-state index in [9.17, 15) is 4.79 Å². The Bertz CT molecular complexity index is 560. The third-order valence-electron chi connectivity index (χ3n) is 2.98. The van der Waals surface area contributed by atoms with Crippen LogP contribution in [0.3, 0.4) is 0 Å². The zero-order valence-corrected chi connectivity index (χ0v) is 10.2. The Morgan fingerprint density at radius 3 is 2.59 bits per heavy atom. The molecule has 3 rings (SSSR count). The van der Waals surface area contributed by atoms with Gasteiger partial charge in [0, 0.05) is 22.6 Å². The van der Waals surface area contributed by atoms with Crippen molar-refractivity contribution >= 4 is 17.5 Å². The van der Waals surface area contributed by atoms with Crippen LogP contribution in [0.15, 0.2) is 53.4 Å². The number of thioether (sulfide) groups is 1. The van der Waals surface area contributed by atoms with Gasteiger partial charge in [0.25, 0.3) is 0 Å². The van der Waals surface area contributed by atoms with Crippen LogP contribution in [0, 0.1) is 0 Å². The van der Waals surface area contributed by atoms with Crippen molar-refractivity contribution in [1.29, 1.82) is 0 Å². The number of Topliss-reactive ketones (excluding diaryl/α,β-unsaturated/α-hetero) is 1. The number of rotatable bonds is 1. The van der Waals surface area contributed by atoms with Crippen LogP contribution in [0.1, 0.15) is 16.8 Å². The summed E-state index contributed by atoms with van der Waals surface area (Å²) in [6.45, 7) is 0. The van der Waals surface area contributed by atoms with E-state index >= 15 is 0 Å². The van der Waals surface area contributed by atoms with E-state index in [4.69, 9.17) is 0 Å². The predicted octanol–water partition coefficient (Wildman–Crippen LogP) is 4.03. The van der Waals surface area contributed by atoms with Crippen molar-refractivity contribution in [2.45, 2.75) is 11.3 Å². The van der Waals surface area contributed by atoms with E-state index in [0.29, 0.717) is 6.42 Å². The number of carbonyl (C=O) groups is 1. The summed E-state index contributed by atoms with van der Waals surface area (Å²) in [6.07, 6.45) is 0.669. The van der Waals surface area contributed by atoms with Gasteiger partial charge >= 0.3 is 0 Å². The molecule has 2 aromatic carbocycles. The first kappa shape index (κ1) is 10.6. The van der Waals surface area contributed by atoms with E-state index in [1.165, 1.54) is 11.1 Å². The van der Waals surface area contributed by atoms with Crippen molar-refractivity contribution < 1.29 is 4.79 Å². The van der Waals surface area contributed by atoms with Crippen LogP contribution in [0.4, 0.5) is 0 Å². The smallest absolute Gasteiger partial charge is 0.164 e. The first-order valence-electron chi connectivity index (χ1n) is 5.70. The Hall–Kier alpha value is -1.54. The number of benzene rings is 2. The molecule has 0 radical (unpaired) electrons. The Kier molecular flexibility index (Phi) is 2.73. The maximum absolute atomic E-state index is 11.7. The molecule has 17 heavy (non-hydrogen) atoms. The van der Waals surface area contributed by atoms with E-state index in [1.54, 1.807) is 11.8 Å². The van der Waals surface area contributed by atoms with E-state index in [0.717, 1.165) is 16.2 Å². The molecule has 0 fully saturated rings. The maximum atomic E-state index is 11.7. The van der Waals surface area contributed by atoms with Gasteiger partial charge in [-0.05, 0) is 23.3 Å². The van der Waals surface area contributed by atoms with Gasteiger partial charge in [0.15, 0.2) is 5.78 Å². The summed E-state index contributed by atoms with van der Waals surface area (Å²) in [5.74, 6) is 1.18. The molecule has 1 nitrogen and oxygen atoms in total. The van der Waals surface area contributed by atoms with Crippen molar-refractivity contribution in [3.05, 3.63) is 54.1 Å². The fourth-order valence-corrected chi connectivity index (χ4v) is 3.13. The van der Waals surface area contributed by atoms with Gasteiger partial charge in [-0.15, -0.1) is 11.8 Å². The minimum atomic E-state index is 0.276. The molecule has 0 amide bonds. The molecule has 1 heterocycles. The highest BCUT2D eigenvalue weighted by atomic mass is 32.2. The van der Waals surface area contributed by atoms with Crippen molar-refractivity contribution in [2.24, 2.45) is 0 Å². The monoisotopic (exact) mass is 240 g/mol. The highest BCUT2D eigenvalue weighted by molar-refractivity contribution is 7.99. The fourth-order valence-electron chi connectivity index (χ4n) is 2.07. The average molecular weight is 240 g/mol. The summed E-state index contributed by atoms with van der Waals surface area (Å²) < 4.78 is 0. The Morgan fingerprint density at radius 2 is 1.76 bits per heavy atom. The molecule has 1 aliphatic rings. The number of fused-ring (bicyclic) bond motifs is 1. The van der Waals surface area contributed by atoms with Gasteiger partial charge < -0.3 is 0 Å². The highest BCUT2D eigenvalue weighted by Crippen LogP contribution is 2.33. The van der Waals surface area contributed by atoms with Crippen LogP contribution in [0.5, 0.6) is 0 Å².